The minimum Gasteiger partial charge on any atom is -0.394 e. The highest BCUT2D eigenvalue weighted by atomic mass is 32.1. The van der Waals surface area contributed by atoms with Gasteiger partial charge in [-0.05, 0) is 26.0 Å². The van der Waals surface area contributed by atoms with Gasteiger partial charge in [-0.25, -0.2) is 0 Å². The number of carbonyl (C=O) groups is 1. The van der Waals surface area contributed by atoms with Crippen LogP contribution in [-0.4, -0.2) is 52.3 Å². The SMILES string of the molecule is CC1(C)CN(C(=O)c2cccc(C(N)=S)c2)CC(CO)O1. The van der Waals surface area contributed by atoms with Crippen molar-refractivity contribution in [3.8, 4) is 0 Å². The second-order valence-corrected chi connectivity index (χ2v) is 6.25. The Kier molecular flexibility index (Phi) is 4.61. The molecule has 1 aromatic rings. The molecule has 21 heavy (non-hydrogen) atoms. The molecule has 1 fully saturated rings. The predicted molar refractivity (Wildman–Crippen MR) is 84.3 cm³/mol. The van der Waals surface area contributed by atoms with Crippen LogP contribution in [0.2, 0.25) is 0 Å². The Morgan fingerprint density at radius 3 is 2.81 bits per heavy atom. The van der Waals surface area contributed by atoms with Crippen LogP contribution in [0.15, 0.2) is 24.3 Å². The lowest BCUT2D eigenvalue weighted by atomic mass is 10.0. The molecule has 5 nitrogen and oxygen atoms in total. The second-order valence-electron chi connectivity index (χ2n) is 5.81. The highest BCUT2D eigenvalue weighted by molar-refractivity contribution is 7.80. The maximum absolute atomic E-state index is 12.6. The summed E-state index contributed by atoms with van der Waals surface area (Å²) in [7, 11) is 0. The Morgan fingerprint density at radius 2 is 2.19 bits per heavy atom. The van der Waals surface area contributed by atoms with E-state index < -0.39 is 5.60 Å². The maximum Gasteiger partial charge on any atom is 0.254 e. The van der Waals surface area contributed by atoms with E-state index in [0.29, 0.717) is 24.2 Å². The van der Waals surface area contributed by atoms with Crippen LogP contribution >= 0.6 is 12.2 Å². The van der Waals surface area contributed by atoms with Gasteiger partial charge < -0.3 is 20.5 Å². The first-order chi connectivity index (χ1) is 9.82. The van der Waals surface area contributed by atoms with Crippen LogP contribution in [0.25, 0.3) is 0 Å². The molecule has 114 valence electrons. The number of hydrogen-bond donors (Lipinski definition) is 2. The molecule has 1 aromatic carbocycles. The van der Waals surface area contributed by atoms with Gasteiger partial charge in [-0.3, -0.25) is 4.79 Å². The van der Waals surface area contributed by atoms with E-state index in [4.69, 9.17) is 22.7 Å². The summed E-state index contributed by atoms with van der Waals surface area (Å²) in [6.07, 6.45) is -0.364. The quantitative estimate of drug-likeness (QED) is 0.813. The number of hydrogen-bond acceptors (Lipinski definition) is 4. The molecular formula is C15H20N2O3S. The topological polar surface area (TPSA) is 75.8 Å². The lowest BCUT2D eigenvalue weighted by Gasteiger charge is -2.42. The van der Waals surface area contributed by atoms with Crippen molar-refractivity contribution in [1.29, 1.82) is 0 Å². The highest BCUT2D eigenvalue weighted by Crippen LogP contribution is 2.22. The molecule has 1 atom stereocenters. The zero-order chi connectivity index (χ0) is 15.6. The van der Waals surface area contributed by atoms with Crippen LogP contribution < -0.4 is 5.73 Å². The number of morpholine rings is 1. The molecule has 0 aliphatic carbocycles. The third-order valence-electron chi connectivity index (χ3n) is 3.37. The lowest BCUT2D eigenvalue weighted by Crippen LogP contribution is -2.55. The van der Waals surface area contributed by atoms with Crippen molar-refractivity contribution in [1.82, 2.24) is 4.90 Å². The number of nitrogens with zero attached hydrogens (tertiary/aromatic N) is 1. The van der Waals surface area contributed by atoms with Crippen LogP contribution in [0.1, 0.15) is 29.8 Å². The lowest BCUT2D eigenvalue weighted by molar-refractivity contribution is -0.139. The third-order valence-corrected chi connectivity index (χ3v) is 3.60. The maximum atomic E-state index is 12.6. The third kappa shape index (κ3) is 3.78. The summed E-state index contributed by atoms with van der Waals surface area (Å²) in [5, 5.41) is 9.31. The summed E-state index contributed by atoms with van der Waals surface area (Å²) >= 11 is 4.94. The van der Waals surface area contributed by atoms with E-state index in [0.717, 1.165) is 0 Å². The number of amides is 1. The van der Waals surface area contributed by atoms with Crippen molar-refractivity contribution in [2.24, 2.45) is 5.73 Å². The van der Waals surface area contributed by atoms with E-state index >= 15 is 0 Å². The zero-order valence-corrected chi connectivity index (χ0v) is 13.0. The minimum absolute atomic E-state index is 0.108. The van der Waals surface area contributed by atoms with Crippen molar-refractivity contribution < 1.29 is 14.6 Å². The van der Waals surface area contributed by atoms with Crippen molar-refractivity contribution in [2.45, 2.75) is 25.6 Å². The van der Waals surface area contributed by atoms with E-state index in [1.165, 1.54) is 0 Å². The van der Waals surface area contributed by atoms with E-state index in [9.17, 15) is 9.90 Å². The second kappa shape index (κ2) is 6.09. The van der Waals surface area contributed by atoms with Gasteiger partial charge in [0.1, 0.15) is 4.99 Å². The fraction of sp³-hybridized carbons (Fsp3) is 0.467. The largest absolute Gasteiger partial charge is 0.394 e. The monoisotopic (exact) mass is 308 g/mol. The van der Waals surface area contributed by atoms with Crippen LogP contribution in [0, 0.1) is 0 Å². The van der Waals surface area contributed by atoms with Gasteiger partial charge in [0.2, 0.25) is 0 Å². The van der Waals surface area contributed by atoms with E-state index in [1.807, 2.05) is 13.8 Å². The fourth-order valence-electron chi connectivity index (χ4n) is 2.53. The average molecular weight is 308 g/mol. The van der Waals surface area contributed by atoms with Crippen LogP contribution in [0.3, 0.4) is 0 Å². The number of carbonyl (C=O) groups excluding carboxylic acids is 1. The molecule has 1 unspecified atom stereocenters. The Hall–Kier alpha value is -1.50. The Bertz CT molecular complexity index is 560. The molecule has 6 heteroatoms. The molecule has 1 aliphatic heterocycles. The molecular weight excluding hydrogens is 288 g/mol. The van der Waals surface area contributed by atoms with Crippen LogP contribution in [-0.2, 0) is 4.74 Å². The highest BCUT2D eigenvalue weighted by Gasteiger charge is 2.35. The van der Waals surface area contributed by atoms with Gasteiger partial charge >= 0.3 is 0 Å². The van der Waals surface area contributed by atoms with Crippen LogP contribution in [0.4, 0.5) is 0 Å². The van der Waals surface area contributed by atoms with Gasteiger partial charge in [-0.1, -0.05) is 24.4 Å². The van der Waals surface area contributed by atoms with E-state index in [-0.39, 0.29) is 23.6 Å². The number of nitrogens with two attached hydrogens (primary N) is 1. The summed E-state index contributed by atoms with van der Waals surface area (Å²) in [5.74, 6) is -0.108. The summed E-state index contributed by atoms with van der Waals surface area (Å²) < 4.78 is 5.72. The van der Waals surface area contributed by atoms with Gasteiger partial charge in [0.25, 0.3) is 5.91 Å². The molecule has 0 aromatic heterocycles. The number of benzene rings is 1. The van der Waals surface area contributed by atoms with Gasteiger partial charge in [0.05, 0.1) is 18.3 Å². The number of ether oxygens (including phenoxy) is 1. The number of rotatable bonds is 3. The van der Waals surface area contributed by atoms with Gasteiger partial charge in [-0.15, -0.1) is 0 Å². The summed E-state index contributed by atoms with van der Waals surface area (Å²) in [6, 6.07) is 6.97. The zero-order valence-electron chi connectivity index (χ0n) is 12.2. The number of thiocarbonyl (C=S) groups is 1. The summed E-state index contributed by atoms with van der Waals surface area (Å²) in [5.41, 5.74) is 6.32. The van der Waals surface area contributed by atoms with Crippen molar-refractivity contribution in [2.75, 3.05) is 19.7 Å². The summed E-state index contributed by atoms with van der Waals surface area (Å²) in [4.78, 5) is 14.6. The molecule has 1 saturated heterocycles. The molecule has 0 spiro atoms. The molecule has 0 radical (unpaired) electrons. The standard InChI is InChI=1S/C15H20N2O3S/c1-15(2)9-17(7-12(8-18)20-15)14(19)11-5-3-4-10(6-11)13(16)21/h3-6,12,18H,7-9H2,1-2H3,(H2,16,21). The average Bonchev–Trinajstić information content (AvgIpc) is 2.44. The smallest absolute Gasteiger partial charge is 0.254 e. The Balaban J connectivity index is 2.22. The molecule has 3 N–H and O–H groups in total. The number of aliphatic hydroxyl groups is 1. The first-order valence-electron chi connectivity index (χ1n) is 6.80. The van der Waals surface area contributed by atoms with Crippen LogP contribution in [0.5, 0.6) is 0 Å². The minimum atomic E-state index is -0.484. The predicted octanol–water partition coefficient (Wildman–Crippen LogP) is 0.933. The van der Waals surface area contributed by atoms with Crippen molar-refractivity contribution >= 4 is 23.1 Å². The molecule has 0 bridgehead atoms. The van der Waals surface area contributed by atoms with E-state index in [1.54, 1.807) is 29.2 Å². The molecule has 1 heterocycles. The fourth-order valence-corrected chi connectivity index (χ4v) is 2.66. The van der Waals surface area contributed by atoms with E-state index in [2.05, 4.69) is 0 Å². The molecule has 2 rings (SSSR count). The summed E-state index contributed by atoms with van der Waals surface area (Å²) in [6.45, 7) is 4.54. The Morgan fingerprint density at radius 1 is 1.52 bits per heavy atom. The van der Waals surface area contributed by atoms with Gasteiger partial charge in [0, 0.05) is 24.2 Å². The molecule has 0 saturated carbocycles. The first-order valence-corrected chi connectivity index (χ1v) is 7.21. The van der Waals surface area contributed by atoms with Crippen molar-refractivity contribution in [3.05, 3.63) is 35.4 Å². The number of aliphatic hydroxyl groups excluding tert-OH is 1. The van der Waals surface area contributed by atoms with Crippen molar-refractivity contribution in [3.63, 3.8) is 0 Å². The van der Waals surface area contributed by atoms with Gasteiger partial charge in [0.15, 0.2) is 0 Å². The Labute approximate surface area is 129 Å². The normalized spacial score (nSPS) is 21.1. The first kappa shape index (κ1) is 15.9. The molecule has 1 amide bonds. The molecule has 1 aliphatic rings. The van der Waals surface area contributed by atoms with Gasteiger partial charge in [-0.2, -0.15) is 0 Å².